The molecule has 3 rings (SSSR count). The van der Waals surface area contributed by atoms with E-state index in [2.05, 4.69) is 10.3 Å². The Kier molecular flexibility index (Phi) is 3.68. The molecule has 1 aliphatic heterocycles. The van der Waals surface area contributed by atoms with Gasteiger partial charge in [-0.2, -0.15) is 0 Å². The lowest BCUT2D eigenvalue weighted by molar-refractivity contribution is 0.282. The molecule has 0 bridgehead atoms. The van der Waals surface area contributed by atoms with Crippen LogP contribution in [0.25, 0.3) is 11.1 Å². The van der Waals surface area contributed by atoms with E-state index in [4.69, 9.17) is 28.4 Å². The summed E-state index contributed by atoms with van der Waals surface area (Å²) in [7, 11) is 0. The second-order valence-corrected chi connectivity index (χ2v) is 5.42. The predicted octanol–water partition coefficient (Wildman–Crippen LogP) is 2.78. The molecular formula is C16H16N4OS. The van der Waals surface area contributed by atoms with Gasteiger partial charge < -0.3 is 21.5 Å². The molecule has 6 heteroatoms. The Balaban J connectivity index is 2.17. The normalized spacial score (nSPS) is 16.2. The Morgan fingerprint density at radius 1 is 1.18 bits per heavy atom. The van der Waals surface area contributed by atoms with Crippen molar-refractivity contribution in [2.24, 2.45) is 16.5 Å². The number of benzene rings is 2. The summed E-state index contributed by atoms with van der Waals surface area (Å²) in [6.45, 7) is 1.87. The van der Waals surface area contributed by atoms with Crippen LogP contribution in [0.2, 0.25) is 0 Å². The fraction of sp³-hybridized carbons (Fsp3) is 0.125. The van der Waals surface area contributed by atoms with Gasteiger partial charge in [-0.05, 0) is 31.3 Å². The molecule has 0 spiro atoms. The second kappa shape index (κ2) is 5.65. The minimum atomic E-state index is -0.229. The van der Waals surface area contributed by atoms with E-state index in [9.17, 15) is 0 Å². The smallest absolute Gasteiger partial charge is 0.168 e. The summed E-state index contributed by atoms with van der Waals surface area (Å²) in [4.78, 5) is 4.50. The first-order valence-electron chi connectivity index (χ1n) is 6.86. The van der Waals surface area contributed by atoms with E-state index < -0.39 is 0 Å². The van der Waals surface area contributed by atoms with Crippen molar-refractivity contribution in [1.29, 1.82) is 0 Å². The molecule has 1 atom stereocenters. The predicted molar refractivity (Wildman–Crippen MR) is 93.7 cm³/mol. The highest BCUT2D eigenvalue weighted by Crippen LogP contribution is 2.42. The van der Waals surface area contributed by atoms with Crippen LogP contribution in [0.1, 0.15) is 6.92 Å². The first-order chi connectivity index (χ1) is 10.6. The molecule has 0 amide bonds. The third kappa shape index (κ3) is 2.60. The molecule has 1 unspecified atom stereocenters. The van der Waals surface area contributed by atoms with E-state index in [1.165, 1.54) is 0 Å². The van der Waals surface area contributed by atoms with Crippen LogP contribution in [0.3, 0.4) is 0 Å². The topological polar surface area (TPSA) is 85.7 Å². The summed E-state index contributed by atoms with van der Waals surface area (Å²) in [5, 5.41) is 3.20. The van der Waals surface area contributed by atoms with Gasteiger partial charge in [0, 0.05) is 16.8 Å². The highest BCUT2D eigenvalue weighted by atomic mass is 32.1. The fourth-order valence-corrected chi connectivity index (χ4v) is 2.49. The van der Waals surface area contributed by atoms with Gasteiger partial charge in [-0.1, -0.05) is 30.3 Å². The van der Waals surface area contributed by atoms with Gasteiger partial charge in [0.2, 0.25) is 0 Å². The van der Waals surface area contributed by atoms with Crippen molar-refractivity contribution in [3.8, 4) is 16.9 Å². The Morgan fingerprint density at radius 3 is 2.68 bits per heavy atom. The van der Waals surface area contributed by atoms with Crippen LogP contribution in [0, 0.1) is 0 Å². The number of amidine groups is 1. The van der Waals surface area contributed by atoms with Crippen LogP contribution < -0.4 is 21.5 Å². The maximum atomic E-state index is 5.93. The van der Waals surface area contributed by atoms with Gasteiger partial charge >= 0.3 is 0 Å². The Morgan fingerprint density at radius 2 is 1.91 bits per heavy atom. The molecule has 1 aliphatic rings. The summed E-state index contributed by atoms with van der Waals surface area (Å²) in [5.74, 6) is 1.17. The van der Waals surface area contributed by atoms with Crippen LogP contribution in [0.4, 0.5) is 11.4 Å². The number of thiocarbonyl (C=S) groups is 1. The van der Waals surface area contributed by atoms with Gasteiger partial charge in [0.15, 0.2) is 11.2 Å². The van der Waals surface area contributed by atoms with Crippen LogP contribution in [0.5, 0.6) is 5.75 Å². The molecule has 5 nitrogen and oxygen atoms in total. The number of anilines is 1. The third-order valence-corrected chi connectivity index (χ3v) is 3.54. The molecule has 5 N–H and O–H groups in total. The van der Waals surface area contributed by atoms with Crippen LogP contribution in [-0.4, -0.2) is 17.1 Å². The van der Waals surface area contributed by atoms with Gasteiger partial charge in [-0.25, -0.2) is 4.99 Å². The molecule has 0 saturated carbocycles. The first-order valence-corrected chi connectivity index (χ1v) is 7.26. The molecular weight excluding hydrogens is 296 g/mol. The molecule has 0 aromatic heterocycles. The number of nitrogens with one attached hydrogen (secondary N) is 1. The number of nitrogens with zero attached hydrogens (tertiary/aromatic N) is 1. The lowest BCUT2D eigenvalue weighted by Crippen LogP contribution is -2.33. The summed E-state index contributed by atoms with van der Waals surface area (Å²) in [6.07, 6.45) is -0.229. The van der Waals surface area contributed by atoms with E-state index >= 15 is 0 Å². The first kappa shape index (κ1) is 14.3. The number of para-hydroxylation sites is 2. The van der Waals surface area contributed by atoms with Gasteiger partial charge in [-0.3, -0.25) is 0 Å². The van der Waals surface area contributed by atoms with E-state index in [0.29, 0.717) is 11.6 Å². The zero-order valence-electron chi connectivity index (χ0n) is 12.0. The highest BCUT2D eigenvalue weighted by molar-refractivity contribution is 7.80. The molecule has 22 heavy (non-hydrogen) atoms. The largest absolute Gasteiger partial charge is 0.481 e. The zero-order chi connectivity index (χ0) is 15.7. The third-order valence-electron chi connectivity index (χ3n) is 3.44. The minimum absolute atomic E-state index is 0.213. The van der Waals surface area contributed by atoms with Gasteiger partial charge in [0.1, 0.15) is 17.3 Å². The van der Waals surface area contributed by atoms with Crippen molar-refractivity contribution >= 4 is 34.5 Å². The highest BCUT2D eigenvalue weighted by Gasteiger charge is 2.21. The van der Waals surface area contributed by atoms with Crippen LogP contribution in [0.15, 0.2) is 47.5 Å². The molecule has 0 aliphatic carbocycles. The Labute approximate surface area is 134 Å². The number of aliphatic imine (C=N–C) groups is 1. The maximum absolute atomic E-state index is 5.93. The quantitative estimate of drug-likeness (QED) is 0.742. The van der Waals surface area contributed by atoms with Crippen molar-refractivity contribution in [3.63, 3.8) is 0 Å². The molecule has 2 aromatic rings. The number of hydrogen-bond acceptors (Lipinski definition) is 4. The van der Waals surface area contributed by atoms with Crippen molar-refractivity contribution in [2.75, 3.05) is 5.32 Å². The summed E-state index contributed by atoms with van der Waals surface area (Å²) < 4.78 is 5.80. The second-order valence-electron chi connectivity index (χ2n) is 4.98. The molecule has 1 heterocycles. The average molecular weight is 312 g/mol. The van der Waals surface area contributed by atoms with E-state index in [0.717, 1.165) is 22.5 Å². The molecule has 0 saturated heterocycles. The number of ether oxygens (including phenoxy) is 1. The number of hydrogen-bond donors (Lipinski definition) is 3. The summed E-state index contributed by atoms with van der Waals surface area (Å²) in [6, 6.07) is 13.5. The molecule has 2 aromatic carbocycles. The average Bonchev–Trinajstić information content (AvgIpc) is 2.48. The number of nitrogens with two attached hydrogens (primary N) is 2. The van der Waals surface area contributed by atoms with E-state index in [1.807, 2.05) is 49.4 Å². The number of rotatable bonds is 2. The Bertz CT molecular complexity index is 772. The van der Waals surface area contributed by atoms with Gasteiger partial charge in [0.25, 0.3) is 0 Å². The van der Waals surface area contributed by atoms with E-state index in [1.54, 1.807) is 0 Å². The summed E-state index contributed by atoms with van der Waals surface area (Å²) >= 11 is 4.94. The van der Waals surface area contributed by atoms with Crippen LogP contribution >= 0.6 is 12.2 Å². The summed E-state index contributed by atoms with van der Waals surface area (Å²) in [5.41, 5.74) is 14.9. The lowest BCUT2D eigenvalue weighted by atomic mass is 10.0. The van der Waals surface area contributed by atoms with Crippen LogP contribution in [-0.2, 0) is 0 Å². The molecule has 0 radical (unpaired) electrons. The lowest BCUT2D eigenvalue weighted by Gasteiger charge is -2.23. The SMILES string of the molecule is CC1Oc2cccc(-c3ccccc3NC(N)=S)c2N=C1N. The maximum Gasteiger partial charge on any atom is 0.168 e. The Hall–Kier alpha value is -2.60. The minimum Gasteiger partial charge on any atom is -0.481 e. The van der Waals surface area contributed by atoms with Crippen molar-refractivity contribution < 1.29 is 4.74 Å². The van der Waals surface area contributed by atoms with Gasteiger partial charge in [-0.15, -0.1) is 0 Å². The molecule has 0 fully saturated rings. The van der Waals surface area contributed by atoms with Crippen molar-refractivity contribution in [3.05, 3.63) is 42.5 Å². The standard InChI is InChI=1S/C16H16N4OS/c1-9-15(17)20-14-11(6-4-8-13(14)21-9)10-5-2-3-7-12(10)19-16(18)22/h2-9H,1H3,(H2,17,20)(H3,18,19,22). The fourth-order valence-electron chi connectivity index (χ4n) is 2.38. The zero-order valence-corrected chi connectivity index (χ0v) is 12.9. The van der Waals surface area contributed by atoms with Gasteiger partial charge in [0.05, 0.1) is 0 Å². The molecule has 112 valence electrons. The monoisotopic (exact) mass is 312 g/mol. The van der Waals surface area contributed by atoms with Crippen molar-refractivity contribution in [2.45, 2.75) is 13.0 Å². The van der Waals surface area contributed by atoms with E-state index in [-0.39, 0.29) is 11.2 Å². The number of fused-ring (bicyclic) bond motifs is 1. The van der Waals surface area contributed by atoms with Crippen molar-refractivity contribution in [1.82, 2.24) is 0 Å².